The zero-order valence-electron chi connectivity index (χ0n) is 12.9. The number of piperidine rings is 1. The highest BCUT2D eigenvalue weighted by Crippen LogP contribution is 2.36. The number of carbonyl (C=O) groups excluding carboxylic acids is 1. The number of benzene rings is 1. The number of fused-ring (bicyclic) bond motifs is 3. The number of nitrogens with one attached hydrogen (secondary N) is 2. The Balaban J connectivity index is 1.39. The third-order valence-corrected chi connectivity index (χ3v) is 4.98. The van der Waals surface area contributed by atoms with Crippen LogP contribution in [-0.4, -0.2) is 39.9 Å². The SMILES string of the molecule is O=C(CN1C[C@@H]2CC[C@H]1C2)NCc1nc2ccccc2c(=O)[nH]1. The Labute approximate surface area is 133 Å². The lowest BCUT2D eigenvalue weighted by Gasteiger charge is -2.25. The summed E-state index contributed by atoms with van der Waals surface area (Å²) in [5.74, 6) is 1.27. The fraction of sp³-hybridized carbons (Fsp3) is 0.471. The van der Waals surface area contributed by atoms with Crippen LogP contribution in [0.25, 0.3) is 10.9 Å². The van der Waals surface area contributed by atoms with Gasteiger partial charge < -0.3 is 10.3 Å². The summed E-state index contributed by atoms with van der Waals surface area (Å²) in [7, 11) is 0. The predicted octanol–water partition coefficient (Wildman–Crippen LogP) is 1.02. The van der Waals surface area contributed by atoms with Gasteiger partial charge in [0.1, 0.15) is 5.82 Å². The second-order valence-electron chi connectivity index (χ2n) is 6.57. The van der Waals surface area contributed by atoms with Crippen LogP contribution >= 0.6 is 0 Å². The van der Waals surface area contributed by atoms with Gasteiger partial charge >= 0.3 is 0 Å². The van der Waals surface area contributed by atoms with Crippen LogP contribution in [0.1, 0.15) is 25.1 Å². The summed E-state index contributed by atoms with van der Waals surface area (Å²) in [5, 5.41) is 3.43. The molecule has 2 aromatic rings. The number of rotatable bonds is 4. The van der Waals surface area contributed by atoms with Gasteiger partial charge in [-0.3, -0.25) is 14.5 Å². The molecule has 1 aliphatic carbocycles. The van der Waals surface area contributed by atoms with Crippen LogP contribution in [0.3, 0.4) is 0 Å². The number of hydrogen-bond donors (Lipinski definition) is 2. The van der Waals surface area contributed by atoms with Crippen molar-refractivity contribution >= 4 is 16.8 Å². The van der Waals surface area contributed by atoms with E-state index in [1.54, 1.807) is 12.1 Å². The molecule has 0 unspecified atom stereocenters. The molecule has 2 heterocycles. The van der Waals surface area contributed by atoms with Gasteiger partial charge in [-0.2, -0.15) is 0 Å². The summed E-state index contributed by atoms with van der Waals surface area (Å²) >= 11 is 0. The van der Waals surface area contributed by atoms with E-state index < -0.39 is 0 Å². The van der Waals surface area contributed by atoms with Crippen LogP contribution in [0.4, 0.5) is 0 Å². The van der Waals surface area contributed by atoms with Crippen molar-refractivity contribution < 1.29 is 4.79 Å². The van der Waals surface area contributed by atoms with Crippen LogP contribution in [0.15, 0.2) is 29.1 Å². The van der Waals surface area contributed by atoms with Crippen molar-refractivity contribution in [2.75, 3.05) is 13.1 Å². The molecule has 2 atom stereocenters. The van der Waals surface area contributed by atoms with Gasteiger partial charge in [0, 0.05) is 12.6 Å². The monoisotopic (exact) mass is 312 g/mol. The highest BCUT2D eigenvalue weighted by atomic mass is 16.2. The minimum atomic E-state index is -0.170. The maximum atomic E-state index is 12.1. The normalized spacial score (nSPS) is 23.5. The van der Waals surface area contributed by atoms with Crippen LogP contribution in [0.2, 0.25) is 0 Å². The van der Waals surface area contributed by atoms with Crippen molar-refractivity contribution in [2.24, 2.45) is 5.92 Å². The van der Waals surface area contributed by atoms with Gasteiger partial charge in [-0.25, -0.2) is 4.98 Å². The van der Waals surface area contributed by atoms with E-state index in [1.807, 2.05) is 12.1 Å². The molecule has 0 radical (unpaired) electrons. The average Bonchev–Trinajstić information content (AvgIpc) is 3.16. The van der Waals surface area contributed by atoms with Crippen molar-refractivity contribution in [3.8, 4) is 0 Å². The Morgan fingerprint density at radius 2 is 2.22 bits per heavy atom. The number of H-pyrrole nitrogens is 1. The minimum Gasteiger partial charge on any atom is -0.348 e. The van der Waals surface area contributed by atoms with Crippen LogP contribution in [-0.2, 0) is 11.3 Å². The van der Waals surface area contributed by atoms with E-state index in [1.165, 1.54) is 19.3 Å². The van der Waals surface area contributed by atoms with E-state index >= 15 is 0 Å². The molecule has 2 aliphatic rings. The molecule has 1 saturated heterocycles. The van der Waals surface area contributed by atoms with E-state index in [-0.39, 0.29) is 18.0 Å². The fourth-order valence-electron chi connectivity index (χ4n) is 3.86. The highest BCUT2D eigenvalue weighted by Gasteiger charge is 2.38. The number of hydrogen-bond acceptors (Lipinski definition) is 4. The lowest BCUT2D eigenvalue weighted by molar-refractivity contribution is -0.122. The molecular formula is C17H20N4O2. The second-order valence-corrected chi connectivity index (χ2v) is 6.57. The quantitative estimate of drug-likeness (QED) is 0.884. The van der Waals surface area contributed by atoms with Gasteiger partial charge in [-0.1, -0.05) is 12.1 Å². The largest absolute Gasteiger partial charge is 0.348 e. The molecule has 2 fully saturated rings. The summed E-state index contributed by atoms with van der Waals surface area (Å²) in [4.78, 5) is 33.5. The Morgan fingerprint density at radius 3 is 3.00 bits per heavy atom. The lowest BCUT2D eigenvalue weighted by Crippen LogP contribution is -2.41. The molecule has 2 N–H and O–H groups in total. The van der Waals surface area contributed by atoms with Crippen LogP contribution in [0, 0.1) is 5.92 Å². The number of para-hydroxylation sites is 1. The lowest BCUT2D eigenvalue weighted by atomic mass is 10.1. The van der Waals surface area contributed by atoms with Crippen molar-refractivity contribution in [3.05, 3.63) is 40.4 Å². The number of aromatic amines is 1. The molecule has 2 bridgehead atoms. The van der Waals surface area contributed by atoms with Gasteiger partial charge in [-0.15, -0.1) is 0 Å². The van der Waals surface area contributed by atoms with Gasteiger partial charge in [0.15, 0.2) is 0 Å². The summed E-state index contributed by atoms with van der Waals surface area (Å²) in [5.41, 5.74) is 0.481. The molecule has 4 rings (SSSR count). The maximum Gasteiger partial charge on any atom is 0.258 e. The van der Waals surface area contributed by atoms with E-state index in [4.69, 9.17) is 0 Å². The van der Waals surface area contributed by atoms with Gasteiger partial charge in [0.25, 0.3) is 5.56 Å². The van der Waals surface area contributed by atoms with E-state index in [2.05, 4.69) is 20.2 Å². The maximum absolute atomic E-state index is 12.1. The highest BCUT2D eigenvalue weighted by molar-refractivity contribution is 5.78. The summed E-state index contributed by atoms with van der Waals surface area (Å²) in [6.45, 7) is 1.74. The van der Waals surface area contributed by atoms with Gasteiger partial charge in [0.05, 0.1) is 24.0 Å². The van der Waals surface area contributed by atoms with Crippen molar-refractivity contribution in [1.82, 2.24) is 20.2 Å². The van der Waals surface area contributed by atoms with E-state index in [0.717, 1.165) is 12.5 Å². The fourth-order valence-corrected chi connectivity index (χ4v) is 3.86. The average molecular weight is 312 g/mol. The molecule has 0 spiro atoms. The van der Waals surface area contributed by atoms with E-state index in [0.29, 0.717) is 29.3 Å². The second kappa shape index (κ2) is 5.77. The molecule has 1 saturated carbocycles. The van der Waals surface area contributed by atoms with Crippen LogP contribution < -0.4 is 10.9 Å². The number of likely N-dealkylation sites (tertiary alicyclic amines) is 1. The molecule has 1 aromatic heterocycles. The first-order valence-electron chi connectivity index (χ1n) is 8.18. The molecule has 6 heteroatoms. The van der Waals surface area contributed by atoms with Crippen molar-refractivity contribution in [1.29, 1.82) is 0 Å². The molecule has 1 aromatic carbocycles. The predicted molar refractivity (Wildman–Crippen MR) is 86.9 cm³/mol. The minimum absolute atomic E-state index is 0.00615. The molecule has 1 aliphatic heterocycles. The molecular weight excluding hydrogens is 292 g/mol. The molecule has 23 heavy (non-hydrogen) atoms. The molecule has 120 valence electrons. The van der Waals surface area contributed by atoms with Gasteiger partial charge in [0.2, 0.25) is 5.91 Å². The standard InChI is InChI=1S/C17H20N4O2/c22-16(10-21-9-11-5-6-12(21)7-11)18-8-15-19-14-4-2-1-3-13(14)17(23)20-15/h1-4,11-12H,5-10H2,(H,18,22)(H,19,20,23)/t11-,12+/m1/s1. The summed E-state index contributed by atoms with van der Waals surface area (Å²) in [6, 6.07) is 7.79. The Kier molecular flexibility index (Phi) is 3.61. The first kappa shape index (κ1) is 14.4. The zero-order valence-corrected chi connectivity index (χ0v) is 12.9. The van der Waals surface area contributed by atoms with Gasteiger partial charge in [-0.05, 0) is 37.3 Å². The summed E-state index contributed by atoms with van der Waals surface area (Å²) < 4.78 is 0. The Morgan fingerprint density at radius 1 is 1.35 bits per heavy atom. The smallest absolute Gasteiger partial charge is 0.258 e. The molecule has 1 amide bonds. The van der Waals surface area contributed by atoms with Crippen molar-refractivity contribution in [2.45, 2.75) is 31.8 Å². The number of carbonyl (C=O) groups is 1. The first-order valence-corrected chi connectivity index (χ1v) is 8.18. The molecule has 6 nitrogen and oxygen atoms in total. The Hall–Kier alpha value is -2.21. The van der Waals surface area contributed by atoms with Crippen LogP contribution in [0.5, 0.6) is 0 Å². The summed E-state index contributed by atoms with van der Waals surface area (Å²) in [6.07, 6.45) is 3.77. The number of nitrogens with zero attached hydrogens (tertiary/aromatic N) is 2. The third-order valence-electron chi connectivity index (χ3n) is 4.98. The Bertz CT molecular complexity index is 801. The number of aromatic nitrogens is 2. The third kappa shape index (κ3) is 2.86. The first-order chi connectivity index (χ1) is 11.2. The number of amides is 1. The van der Waals surface area contributed by atoms with E-state index in [9.17, 15) is 9.59 Å². The topological polar surface area (TPSA) is 78.1 Å². The zero-order chi connectivity index (χ0) is 15.8. The van der Waals surface area contributed by atoms with Crippen molar-refractivity contribution in [3.63, 3.8) is 0 Å².